The summed E-state index contributed by atoms with van der Waals surface area (Å²) in [5.74, 6) is -0.152. The van der Waals surface area contributed by atoms with Gasteiger partial charge in [-0.2, -0.15) is 0 Å². The van der Waals surface area contributed by atoms with E-state index >= 15 is 0 Å². The fourth-order valence-electron chi connectivity index (χ4n) is 2.76. The first-order valence-electron chi connectivity index (χ1n) is 7.15. The van der Waals surface area contributed by atoms with E-state index < -0.39 is 0 Å². The standard InChI is InChI=1S/C18H19NO3/c1-11-12(2)14(4)17(16(13(11)3)10-19(21)22)18(20)15-8-6-5-7-9-15/h5-9H,10H2,1-4H3. The smallest absolute Gasteiger partial charge is 0.229 e. The zero-order valence-corrected chi connectivity index (χ0v) is 13.3. The molecule has 0 N–H and O–H groups in total. The predicted octanol–water partition coefficient (Wildman–Crippen LogP) is 3.93. The van der Waals surface area contributed by atoms with Crippen molar-refractivity contribution < 1.29 is 9.72 Å². The lowest BCUT2D eigenvalue weighted by Gasteiger charge is -2.18. The molecule has 2 aromatic rings. The fourth-order valence-corrected chi connectivity index (χ4v) is 2.76. The second-order valence-electron chi connectivity index (χ2n) is 5.54. The third-order valence-electron chi connectivity index (χ3n) is 4.37. The van der Waals surface area contributed by atoms with E-state index in [-0.39, 0.29) is 17.3 Å². The van der Waals surface area contributed by atoms with Crippen LogP contribution in [-0.2, 0) is 6.54 Å². The van der Waals surface area contributed by atoms with E-state index in [9.17, 15) is 14.9 Å². The third kappa shape index (κ3) is 2.77. The minimum atomic E-state index is -0.377. The molecule has 0 unspecified atom stereocenters. The van der Waals surface area contributed by atoms with Crippen LogP contribution in [0.15, 0.2) is 30.3 Å². The summed E-state index contributed by atoms with van der Waals surface area (Å²) in [5.41, 5.74) is 5.25. The lowest BCUT2D eigenvalue weighted by Crippen LogP contribution is -2.15. The molecule has 4 nitrogen and oxygen atoms in total. The molecule has 0 spiro atoms. The molecule has 0 bridgehead atoms. The van der Waals surface area contributed by atoms with Crippen molar-refractivity contribution in [2.75, 3.05) is 0 Å². The number of nitrogens with zero attached hydrogens (tertiary/aromatic N) is 1. The Morgan fingerprint density at radius 2 is 1.50 bits per heavy atom. The Morgan fingerprint density at radius 3 is 2.05 bits per heavy atom. The number of carbonyl (C=O) groups excluding carboxylic acids is 1. The van der Waals surface area contributed by atoms with E-state index in [4.69, 9.17) is 0 Å². The molecule has 0 radical (unpaired) electrons. The Kier molecular flexibility index (Phi) is 4.40. The topological polar surface area (TPSA) is 60.2 Å². The summed E-state index contributed by atoms with van der Waals surface area (Å²) in [6, 6.07) is 8.91. The van der Waals surface area contributed by atoms with E-state index in [2.05, 4.69) is 0 Å². The van der Waals surface area contributed by atoms with Crippen molar-refractivity contribution in [2.24, 2.45) is 0 Å². The normalized spacial score (nSPS) is 10.5. The first-order valence-corrected chi connectivity index (χ1v) is 7.15. The molecule has 0 aliphatic carbocycles. The molecule has 0 aromatic heterocycles. The minimum Gasteiger partial charge on any atom is -0.289 e. The number of carbonyl (C=O) groups is 1. The molecular formula is C18H19NO3. The molecule has 114 valence electrons. The maximum atomic E-state index is 12.9. The second-order valence-corrected chi connectivity index (χ2v) is 5.54. The quantitative estimate of drug-likeness (QED) is 0.488. The van der Waals surface area contributed by atoms with Gasteiger partial charge in [0.25, 0.3) is 0 Å². The zero-order valence-electron chi connectivity index (χ0n) is 13.3. The van der Waals surface area contributed by atoms with Gasteiger partial charge in [-0.25, -0.2) is 0 Å². The van der Waals surface area contributed by atoms with Crippen molar-refractivity contribution in [3.63, 3.8) is 0 Å². The van der Waals surface area contributed by atoms with E-state index in [1.54, 1.807) is 24.3 Å². The number of hydrogen-bond donors (Lipinski definition) is 0. The van der Waals surface area contributed by atoms with Crippen molar-refractivity contribution in [1.82, 2.24) is 0 Å². The van der Waals surface area contributed by atoms with Gasteiger partial charge in [-0.1, -0.05) is 30.3 Å². The van der Waals surface area contributed by atoms with Gasteiger partial charge in [0.1, 0.15) is 0 Å². The largest absolute Gasteiger partial charge is 0.289 e. The van der Waals surface area contributed by atoms with Crippen LogP contribution in [0.2, 0.25) is 0 Å². The maximum Gasteiger partial charge on any atom is 0.229 e. The Morgan fingerprint density at radius 1 is 0.955 bits per heavy atom. The number of nitro groups is 1. The Labute approximate surface area is 129 Å². The summed E-state index contributed by atoms with van der Waals surface area (Å²) >= 11 is 0. The summed E-state index contributed by atoms with van der Waals surface area (Å²) in [6.07, 6.45) is 0. The molecule has 2 aromatic carbocycles. The van der Waals surface area contributed by atoms with Crippen LogP contribution in [0.4, 0.5) is 0 Å². The maximum absolute atomic E-state index is 12.9. The highest BCUT2D eigenvalue weighted by atomic mass is 16.6. The SMILES string of the molecule is Cc1c(C)c(C)c(C(=O)c2ccccc2)c(C[N+](=O)[O-])c1C. The van der Waals surface area contributed by atoms with E-state index in [1.165, 1.54) is 0 Å². The summed E-state index contributed by atoms with van der Waals surface area (Å²) in [6.45, 7) is 7.28. The van der Waals surface area contributed by atoms with Gasteiger partial charge in [0, 0.05) is 21.6 Å². The van der Waals surface area contributed by atoms with Crippen molar-refractivity contribution in [2.45, 2.75) is 34.2 Å². The molecule has 4 heteroatoms. The van der Waals surface area contributed by atoms with Crippen molar-refractivity contribution >= 4 is 5.78 Å². The van der Waals surface area contributed by atoms with Gasteiger partial charge in [-0.3, -0.25) is 14.9 Å². The highest BCUT2D eigenvalue weighted by Gasteiger charge is 2.24. The average Bonchev–Trinajstić information content (AvgIpc) is 2.51. The summed E-state index contributed by atoms with van der Waals surface area (Å²) < 4.78 is 0. The minimum absolute atomic E-state index is 0.152. The fraction of sp³-hybridized carbons (Fsp3) is 0.278. The average molecular weight is 297 g/mol. The summed E-state index contributed by atoms with van der Waals surface area (Å²) in [7, 11) is 0. The molecular weight excluding hydrogens is 278 g/mol. The molecule has 0 saturated heterocycles. The number of benzene rings is 2. The van der Waals surface area contributed by atoms with Gasteiger partial charge in [0.15, 0.2) is 5.78 Å². The molecule has 0 saturated carbocycles. The van der Waals surface area contributed by atoms with E-state index in [1.807, 2.05) is 33.8 Å². The molecule has 0 amide bonds. The lowest BCUT2D eigenvalue weighted by molar-refractivity contribution is -0.496. The summed E-state index contributed by atoms with van der Waals surface area (Å²) in [4.78, 5) is 23.5. The van der Waals surface area contributed by atoms with E-state index in [0.29, 0.717) is 16.7 Å². The van der Waals surface area contributed by atoms with Crippen LogP contribution in [0.25, 0.3) is 0 Å². The first kappa shape index (κ1) is 15.9. The third-order valence-corrected chi connectivity index (χ3v) is 4.37. The molecule has 22 heavy (non-hydrogen) atoms. The molecule has 0 aliphatic heterocycles. The highest BCUT2D eigenvalue weighted by Crippen LogP contribution is 2.29. The Balaban J connectivity index is 2.73. The first-order chi connectivity index (χ1) is 10.3. The molecule has 2 rings (SSSR count). The lowest BCUT2D eigenvalue weighted by atomic mass is 9.85. The van der Waals surface area contributed by atoms with Gasteiger partial charge in [0.2, 0.25) is 6.54 Å². The van der Waals surface area contributed by atoms with Crippen LogP contribution in [0.3, 0.4) is 0 Å². The Bertz CT molecular complexity index is 749. The second kappa shape index (κ2) is 6.10. The van der Waals surface area contributed by atoms with Gasteiger partial charge in [-0.15, -0.1) is 0 Å². The van der Waals surface area contributed by atoms with Crippen LogP contribution in [0, 0.1) is 37.8 Å². The van der Waals surface area contributed by atoms with Crippen molar-refractivity contribution in [3.05, 3.63) is 79.4 Å². The van der Waals surface area contributed by atoms with Gasteiger partial charge in [0.05, 0.1) is 0 Å². The van der Waals surface area contributed by atoms with Gasteiger partial charge >= 0.3 is 0 Å². The number of rotatable bonds is 4. The van der Waals surface area contributed by atoms with Crippen molar-refractivity contribution in [3.8, 4) is 0 Å². The Hall–Kier alpha value is -2.49. The number of hydrogen-bond acceptors (Lipinski definition) is 3. The van der Waals surface area contributed by atoms with E-state index in [0.717, 1.165) is 22.3 Å². The van der Waals surface area contributed by atoms with Crippen LogP contribution >= 0.6 is 0 Å². The molecule has 0 atom stereocenters. The molecule has 0 fully saturated rings. The van der Waals surface area contributed by atoms with Crippen LogP contribution < -0.4 is 0 Å². The molecule has 0 aliphatic rings. The van der Waals surface area contributed by atoms with Crippen LogP contribution in [0.5, 0.6) is 0 Å². The molecule has 0 heterocycles. The number of ketones is 1. The van der Waals surface area contributed by atoms with Crippen molar-refractivity contribution in [1.29, 1.82) is 0 Å². The monoisotopic (exact) mass is 297 g/mol. The zero-order chi connectivity index (χ0) is 16.4. The van der Waals surface area contributed by atoms with Crippen LogP contribution in [-0.4, -0.2) is 10.7 Å². The summed E-state index contributed by atoms with van der Waals surface area (Å²) in [5, 5.41) is 11.0. The van der Waals surface area contributed by atoms with Gasteiger partial charge < -0.3 is 0 Å². The van der Waals surface area contributed by atoms with Gasteiger partial charge in [-0.05, 0) is 49.9 Å². The van der Waals surface area contributed by atoms with Crippen LogP contribution in [0.1, 0.15) is 43.7 Å². The predicted molar refractivity (Wildman–Crippen MR) is 86.0 cm³/mol. The highest BCUT2D eigenvalue weighted by molar-refractivity contribution is 6.11.